The highest BCUT2D eigenvalue weighted by Crippen LogP contribution is 2.21. The first-order valence-corrected chi connectivity index (χ1v) is 7.40. The Kier molecular flexibility index (Phi) is 4.78. The summed E-state index contributed by atoms with van der Waals surface area (Å²) in [6, 6.07) is 10.4. The van der Waals surface area contributed by atoms with Gasteiger partial charge in [0, 0.05) is 30.0 Å². The van der Waals surface area contributed by atoms with E-state index in [-0.39, 0.29) is 0 Å². The number of nitrogens with zero attached hydrogens (tertiary/aromatic N) is 3. The molecule has 0 unspecified atom stereocenters. The fourth-order valence-electron chi connectivity index (χ4n) is 2.25. The summed E-state index contributed by atoms with van der Waals surface area (Å²) >= 11 is 0. The van der Waals surface area contributed by atoms with Crippen LogP contribution in [0.2, 0.25) is 0 Å². The third kappa shape index (κ3) is 3.94. The van der Waals surface area contributed by atoms with Gasteiger partial charge in [-0.1, -0.05) is 26.0 Å². The van der Waals surface area contributed by atoms with E-state index >= 15 is 0 Å². The maximum Gasteiger partial charge on any atom is 0.132 e. The molecule has 0 aliphatic carbocycles. The van der Waals surface area contributed by atoms with Crippen LogP contribution in [0, 0.1) is 0 Å². The molecule has 112 valence electrons. The van der Waals surface area contributed by atoms with E-state index < -0.39 is 0 Å². The Bertz CT molecular complexity index is 593. The van der Waals surface area contributed by atoms with Crippen LogP contribution in [-0.2, 0) is 6.54 Å². The molecule has 0 aliphatic heterocycles. The molecular formula is C17H24N4. The number of hydrogen-bond donors (Lipinski definition) is 1. The first-order valence-electron chi connectivity index (χ1n) is 7.40. The van der Waals surface area contributed by atoms with Crippen molar-refractivity contribution < 1.29 is 0 Å². The molecule has 0 aliphatic rings. The highest BCUT2D eigenvalue weighted by atomic mass is 15.2. The van der Waals surface area contributed by atoms with Gasteiger partial charge >= 0.3 is 0 Å². The minimum absolute atomic E-state index is 0.348. The van der Waals surface area contributed by atoms with Crippen molar-refractivity contribution in [2.45, 2.75) is 46.2 Å². The Morgan fingerprint density at radius 2 is 1.86 bits per heavy atom. The Balaban J connectivity index is 2.29. The number of benzene rings is 1. The van der Waals surface area contributed by atoms with Crippen molar-refractivity contribution in [3.63, 3.8) is 0 Å². The average Bonchev–Trinajstić information content (AvgIpc) is 2.44. The largest absolute Gasteiger partial charge is 0.399 e. The second-order valence-corrected chi connectivity index (χ2v) is 5.92. The number of anilines is 2. The Labute approximate surface area is 127 Å². The minimum atomic E-state index is 0.348. The van der Waals surface area contributed by atoms with Crippen LogP contribution in [0.4, 0.5) is 11.5 Å². The minimum Gasteiger partial charge on any atom is -0.399 e. The van der Waals surface area contributed by atoms with Gasteiger partial charge in [0.15, 0.2) is 0 Å². The van der Waals surface area contributed by atoms with Crippen molar-refractivity contribution in [1.29, 1.82) is 0 Å². The highest BCUT2D eigenvalue weighted by Gasteiger charge is 2.14. The summed E-state index contributed by atoms with van der Waals surface area (Å²) in [5.74, 6) is 1.36. The Morgan fingerprint density at radius 1 is 1.10 bits per heavy atom. The van der Waals surface area contributed by atoms with Crippen LogP contribution in [-0.4, -0.2) is 16.0 Å². The van der Waals surface area contributed by atoms with Gasteiger partial charge in [-0.05, 0) is 37.5 Å². The molecule has 21 heavy (non-hydrogen) atoms. The molecule has 0 saturated carbocycles. The molecular weight excluding hydrogens is 260 g/mol. The van der Waals surface area contributed by atoms with E-state index in [1.807, 2.05) is 18.2 Å². The molecule has 0 atom stereocenters. The SMILES string of the molecule is CC(C)c1cc(N(Cc2cccc(N)c2)C(C)C)ncn1. The lowest BCUT2D eigenvalue weighted by Crippen LogP contribution is -2.31. The molecule has 0 radical (unpaired) electrons. The second-order valence-electron chi connectivity index (χ2n) is 5.92. The van der Waals surface area contributed by atoms with Crippen LogP contribution in [0.1, 0.15) is 44.9 Å². The molecule has 0 amide bonds. The van der Waals surface area contributed by atoms with E-state index in [0.717, 1.165) is 23.7 Å². The predicted octanol–water partition coefficient (Wildman–Crippen LogP) is 3.60. The lowest BCUT2D eigenvalue weighted by Gasteiger charge is -2.28. The van der Waals surface area contributed by atoms with Gasteiger partial charge in [-0.2, -0.15) is 0 Å². The normalized spacial score (nSPS) is 11.1. The van der Waals surface area contributed by atoms with Crippen molar-refractivity contribution in [1.82, 2.24) is 9.97 Å². The summed E-state index contributed by atoms with van der Waals surface area (Å²) in [5.41, 5.74) is 8.92. The van der Waals surface area contributed by atoms with Crippen molar-refractivity contribution >= 4 is 11.5 Å². The van der Waals surface area contributed by atoms with Gasteiger partial charge in [0.1, 0.15) is 12.1 Å². The molecule has 1 heterocycles. The van der Waals surface area contributed by atoms with Crippen molar-refractivity contribution in [2.24, 2.45) is 0 Å². The zero-order chi connectivity index (χ0) is 15.4. The highest BCUT2D eigenvalue weighted by molar-refractivity contribution is 5.45. The Morgan fingerprint density at radius 3 is 2.48 bits per heavy atom. The van der Waals surface area contributed by atoms with Gasteiger partial charge in [0.25, 0.3) is 0 Å². The van der Waals surface area contributed by atoms with Gasteiger partial charge in [-0.25, -0.2) is 9.97 Å². The zero-order valence-electron chi connectivity index (χ0n) is 13.2. The molecule has 1 aromatic carbocycles. The molecule has 0 fully saturated rings. The molecule has 2 aromatic rings. The van der Waals surface area contributed by atoms with E-state index in [1.165, 1.54) is 5.56 Å². The summed E-state index contributed by atoms with van der Waals surface area (Å²) in [6.07, 6.45) is 1.65. The van der Waals surface area contributed by atoms with Crippen LogP contribution >= 0.6 is 0 Å². The van der Waals surface area contributed by atoms with Crippen LogP contribution in [0.25, 0.3) is 0 Å². The van der Waals surface area contributed by atoms with Crippen molar-refractivity contribution in [3.05, 3.63) is 47.9 Å². The molecule has 4 heteroatoms. The van der Waals surface area contributed by atoms with Gasteiger partial charge in [0.05, 0.1) is 0 Å². The maximum atomic E-state index is 5.87. The standard InChI is InChI=1S/C17H24N4/c1-12(2)16-9-17(20-11-19-16)21(13(3)4)10-14-6-5-7-15(18)8-14/h5-9,11-13H,10,18H2,1-4H3. The van der Waals surface area contributed by atoms with Crippen molar-refractivity contribution in [2.75, 3.05) is 10.6 Å². The molecule has 1 aromatic heterocycles. The summed E-state index contributed by atoms with van der Waals surface area (Å²) in [4.78, 5) is 11.1. The molecule has 0 saturated heterocycles. The van der Waals surface area contributed by atoms with Crippen molar-refractivity contribution in [3.8, 4) is 0 Å². The summed E-state index contributed by atoms with van der Waals surface area (Å²) in [5, 5.41) is 0. The lowest BCUT2D eigenvalue weighted by atomic mass is 10.1. The fraction of sp³-hybridized carbons (Fsp3) is 0.412. The van der Waals surface area contributed by atoms with Crippen LogP contribution in [0.3, 0.4) is 0 Å². The third-order valence-corrected chi connectivity index (χ3v) is 3.49. The molecule has 0 spiro atoms. The topological polar surface area (TPSA) is 55.0 Å². The summed E-state index contributed by atoms with van der Waals surface area (Å²) in [6.45, 7) is 9.41. The van der Waals surface area contributed by atoms with Gasteiger partial charge in [-0.15, -0.1) is 0 Å². The number of rotatable bonds is 5. The summed E-state index contributed by atoms with van der Waals surface area (Å²) < 4.78 is 0. The smallest absolute Gasteiger partial charge is 0.132 e. The zero-order valence-corrected chi connectivity index (χ0v) is 13.2. The van der Waals surface area contributed by atoms with E-state index in [1.54, 1.807) is 6.33 Å². The molecule has 2 N–H and O–H groups in total. The second kappa shape index (κ2) is 6.57. The monoisotopic (exact) mass is 284 g/mol. The first-order chi connectivity index (χ1) is 9.97. The number of nitrogens with two attached hydrogens (primary N) is 1. The molecule has 2 rings (SSSR count). The number of aromatic nitrogens is 2. The molecule has 0 bridgehead atoms. The first kappa shape index (κ1) is 15.3. The quantitative estimate of drug-likeness (QED) is 0.852. The third-order valence-electron chi connectivity index (χ3n) is 3.49. The number of hydrogen-bond acceptors (Lipinski definition) is 4. The molecule has 4 nitrogen and oxygen atoms in total. The average molecular weight is 284 g/mol. The van der Waals surface area contributed by atoms with E-state index in [0.29, 0.717) is 12.0 Å². The van der Waals surface area contributed by atoms with Gasteiger partial charge < -0.3 is 10.6 Å². The maximum absolute atomic E-state index is 5.87. The summed E-state index contributed by atoms with van der Waals surface area (Å²) in [7, 11) is 0. The van der Waals surface area contributed by atoms with Crippen LogP contribution < -0.4 is 10.6 Å². The Hall–Kier alpha value is -2.10. The van der Waals surface area contributed by atoms with Crippen LogP contribution in [0.15, 0.2) is 36.7 Å². The van der Waals surface area contributed by atoms with E-state index in [4.69, 9.17) is 5.73 Å². The van der Waals surface area contributed by atoms with Gasteiger partial charge in [-0.3, -0.25) is 0 Å². The lowest BCUT2D eigenvalue weighted by molar-refractivity contribution is 0.668. The number of nitrogen functional groups attached to an aromatic ring is 1. The predicted molar refractivity (Wildman–Crippen MR) is 88.3 cm³/mol. The van der Waals surface area contributed by atoms with E-state index in [2.05, 4.69) is 54.7 Å². The van der Waals surface area contributed by atoms with E-state index in [9.17, 15) is 0 Å². The fourth-order valence-corrected chi connectivity index (χ4v) is 2.25. The van der Waals surface area contributed by atoms with Gasteiger partial charge in [0.2, 0.25) is 0 Å². The van der Waals surface area contributed by atoms with Crippen LogP contribution in [0.5, 0.6) is 0 Å².